The Morgan fingerprint density at radius 3 is 2.30 bits per heavy atom. The lowest BCUT2D eigenvalue weighted by Gasteiger charge is -2.21. The third-order valence-corrected chi connectivity index (χ3v) is 3.81. The first-order valence-corrected chi connectivity index (χ1v) is 6.48. The average Bonchev–Trinajstić information content (AvgIpc) is 3.03. The number of likely N-dealkylation sites (tertiary alicyclic amines) is 1. The smallest absolute Gasteiger partial charge is 0.317 e. The van der Waals surface area contributed by atoms with Crippen LogP contribution in [0.5, 0.6) is 0 Å². The maximum Gasteiger partial charge on any atom is 0.317 e. The van der Waals surface area contributed by atoms with Crippen LogP contribution in [0.4, 0.5) is 4.79 Å². The van der Waals surface area contributed by atoms with Gasteiger partial charge in [-0.05, 0) is 0 Å². The van der Waals surface area contributed by atoms with E-state index in [2.05, 4.69) is 5.32 Å². The van der Waals surface area contributed by atoms with Crippen LogP contribution in [0, 0.1) is 5.92 Å². The minimum Gasteiger partial charge on any atom is -0.481 e. The Labute approximate surface area is 117 Å². The average molecular weight is 288 g/mol. The molecule has 2 N–H and O–H groups in total. The van der Waals surface area contributed by atoms with Gasteiger partial charge in [0.15, 0.2) is 0 Å². The van der Waals surface area contributed by atoms with Crippen molar-refractivity contribution < 1.29 is 28.9 Å². The molecule has 0 saturated carbocycles. The Morgan fingerprint density at radius 1 is 1.20 bits per heavy atom. The minimum absolute atomic E-state index is 0.127. The molecule has 8 heteroatoms. The van der Waals surface area contributed by atoms with Crippen LogP contribution >= 0.6 is 0 Å². The van der Waals surface area contributed by atoms with Gasteiger partial charge in [0.25, 0.3) is 0 Å². The zero-order valence-corrected chi connectivity index (χ0v) is 11.6. The summed E-state index contributed by atoms with van der Waals surface area (Å²) in [6.45, 7) is 1.19. The molecule has 8 nitrogen and oxygen atoms in total. The highest BCUT2D eigenvalue weighted by molar-refractivity contribution is 5.77. The number of amides is 2. The number of aliphatic carboxylic acids is 1. The Balaban J connectivity index is 1.91. The molecule has 0 aliphatic carbocycles. The number of methoxy groups -OCH3 is 2. The summed E-state index contributed by atoms with van der Waals surface area (Å²) < 4.78 is 15.6. The molecule has 2 rings (SSSR count). The van der Waals surface area contributed by atoms with Crippen molar-refractivity contribution in [3.63, 3.8) is 0 Å². The third kappa shape index (κ3) is 3.02. The highest BCUT2D eigenvalue weighted by Crippen LogP contribution is 2.18. The van der Waals surface area contributed by atoms with Crippen molar-refractivity contribution in [1.82, 2.24) is 10.2 Å². The number of carboxylic acids is 1. The number of urea groups is 1. The van der Waals surface area contributed by atoms with E-state index in [0.29, 0.717) is 13.1 Å². The van der Waals surface area contributed by atoms with Gasteiger partial charge in [0.2, 0.25) is 0 Å². The van der Waals surface area contributed by atoms with Crippen molar-refractivity contribution in [2.75, 3.05) is 40.5 Å². The fourth-order valence-corrected chi connectivity index (χ4v) is 2.55. The number of nitrogens with zero attached hydrogens (tertiary/aromatic N) is 1. The van der Waals surface area contributed by atoms with Crippen molar-refractivity contribution in [2.45, 2.75) is 18.2 Å². The van der Waals surface area contributed by atoms with E-state index in [4.69, 9.17) is 19.3 Å². The number of carbonyl (C=O) groups excluding carboxylic acids is 1. The van der Waals surface area contributed by atoms with Crippen molar-refractivity contribution in [2.24, 2.45) is 5.92 Å². The fourth-order valence-electron chi connectivity index (χ4n) is 2.55. The Morgan fingerprint density at radius 2 is 1.80 bits per heavy atom. The molecule has 0 aromatic carbocycles. The lowest BCUT2D eigenvalue weighted by atomic mass is 10.0. The second-order valence-electron chi connectivity index (χ2n) is 4.99. The zero-order valence-electron chi connectivity index (χ0n) is 11.6. The quantitative estimate of drug-likeness (QED) is 0.699. The SMILES string of the molecule is COC1CN(C(=O)NC2COCC2C(=O)O)CC1OC. The topological polar surface area (TPSA) is 97.3 Å². The molecule has 0 radical (unpaired) electrons. The van der Waals surface area contributed by atoms with Gasteiger partial charge in [-0.1, -0.05) is 0 Å². The second-order valence-corrected chi connectivity index (χ2v) is 4.99. The van der Waals surface area contributed by atoms with Gasteiger partial charge in [0.1, 0.15) is 18.1 Å². The van der Waals surface area contributed by atoms with Crippen LogP contribution in [0.15, 0.2) is 0 Å². The highest BCUT2D eigenvalue weighted by Gasteiger charge is 2.39. The van der Waals surface area contributed by atoms with Crippen molar-refractivity contribution in [3.8, 4) is 0 Å². The lowest BCUT2D eigenvalue weighted by Crippen LogP contribution is -2.48. The van der Waals surface area contributed by atoms with Gasteiger partial charge < -0.3 is 29.5 Å². The van der Waals surface area contributed by atoms with Gasteiger partial charge in [-0.25, -0.2) is 4.79 Å². The van der Waals surface area contributed by atoms with Gasteiger partial charge >= 0.3 is 12.0 Å². The maximum atomic E-state index is 12.1. The van der Waals surface area contributed by atoms with Crippen LogP contribution in [0.25, 0.3) is 0 Å². The van der Waals surface area contributed by atoms with E-state index in [1.807, 2.05) is 0 Å². The van der Waals surface area contributed by atoms with Crippen LogP contribution < -0.4 is 5.32 Å². The summed E-state index contributed by atoms with van der Waals surface area (Å²) in [4.78, 5) is 24.7. The molecule has 20 heavy (non-hydrogen) atoms. The largest absolute Gasteiger partial charge is 0.481 e. The van der Waals surface area contributed by atoms with E-state index in [1.165, 1.54) is 0 Å². The molecule has 2 aliphatic rings. The fraction of sp³-hybridized carbons (Fsp3) is 0.833. The zero-order chi connectivity index (χ0) is 14.7. The number of hydrogen-bond donors (Lipinski definition) is 2. The molecule has 114 valence electrons. The molecule has 2 amide bonds. The van der Waals surface area contributed by atoms with Gasteiger partial charge in [0, 0.05) is 14.2 Å². The standard InChI is InChI=1S/C12H20N2O6/c1-18-9-3-14(4-10(9)19-2)12(17)13-8-6-20-5-7(8)11(15)16/h7-10H,3-6H2,1-2H3,(H,13,17)(H,15,16). The molecule has 0 bridgehead atoms. The molecular formula is C12H20N2O6. The van der Waals surface area contributed by atoms with Crippen molar-refractivity contribution in [3.05, 3.63) is 0 Å². The van der Waals surface area contributed by atoms with E-state index < -0.39 is 17.9 Å². The first-order chi connectivity index (χ1) is 9.56. The number of carboxylic acid groups (broad SMARTS) is 1. The number of nitrogens with one attached hydrogen (secondary N) is 1. The summed E-state index contributed by atoms with van der Waals surface area (Å²) >= 11 is 0. The summed E-state index contributed by atoms with van der Waals surface area (Å²) in [5.74, 6) is -1.66. The van der Waals surface area contributed by atoms with E-state index in [1.54, 1.807) is 19.1 Å². The van der Waals surface area contributed by atoms with Gasteiger partial charge in [-0.3, -0.25) is 4.79 Å². The van der Waals surface area contributed by atoms with Crippen LogP contribution in [-0.4, -0.2) is 80.8 Å². The lowest BCUT2D eigenvalue weighted by molar-refractivity contribution is -0.142. The molecule has 2 aliphatic heterocycles. The predicted molar refractivity (Wildman–Crippen MR) is 67.4 cm³/mol. The number of rotatable bonds is 4. The summed E-state index contributed by atoms with van der Waals surface area (Å²) in [5, 5.41) is 11.7. The predicted octanol–water partition coefficient (Wildman–Crippen LogP) is -0.859. The molecular weight excluding hydrogens is 268 g/mol. The molecule has 2 heterocycles. The first kappa shape index (κ1) is 15.0. The minimum atomic E-state index is -0.959. The summed E-state index contributed by atoms with van der Waals surface area (Å²) in [5.41, 5.74) is 0. The van der Waals surface area contributed by atoms with Crippen LogP contribution in [0.2, 0.25) is 0 Å². The van der Waals surface area contributed by atoms with E-state index in [0.717, 1.165) is 0 Å². The maximum absolute atomic E-state index is 12.1. The Bertz CT molecular complexity index is 365. The van der Waals surface area contributed by atoms with Gasteiger partial charge in [0.05, 0.1) is 32.3 Å². The van der Waals surface area contributed by atoms with E-state index >= 15 is 0 Å². The number of hydrogen-bond acceptors (Lipinski definition) is 5. The van der Waals surface area contributed by atoms with Crippen molar-refractivity contribution in [1.29, 1.82) is 0 Å². The van der Waals surface area contributed by atoms with Gasteiger partial charge in [-0.2, -0.15) is 0 Å². The van der Waals surface area contributed by atoms with Crippen LogP contribution in [0.3, 0.4) is 0 Å². The number of carbonyl (C=O) groups is 2. The van der Waals surface area contributed by atoms with Crippen LogP contribution in [0.1, 0.15) is 0 Å². The third-order valence-electron chi connectivity index (χ3n) is 3.81. The molecule has 0 aromatic heterocycles. The molecule has 0 aromatic rings. The first-order valence-electron chi connectivity index (χ1n) is 6.48. The molecule has 2 saturated heterocycles. The highest BCUT2D eigenvalue weighted by atomic mass is 16.5. The summed E-state index contributed by atoms with van der Waals surface area (Å²) in [7, 11) is 3.15. The Kier molecular flexibility index (Phi) is 4.79. The monoisotopic (exact) mass is 288 g/mol. The van der Waals surface area contributed by atoms with Crippen molar-refractivity contribution >= 4 is 12.0 Å². The molecule has 4 atom stereocenters. The molecule has 0 spiro atoms. The summed E-state index contributed by atoms with van der Waals surface area (Å²) in [6.07, 6.45) is -0.332. The summed E-state index contributed by atoms with van der Waals surface area (Å²) in [6, 6.07) is -0.809. The van der Waals surface area contributed by atoms with Gasteiger partial charge in [-0.15, -0.1) is 0 Å². The molecule has 4 unspecified atom stereocenters. The van der Waals surface area contributed by atoms with Crippen LogP contribution in [-0.2, 0) is 19.0 Å². The normalized spacial score (nSPS) is 33.4. The second kappa shape index (κ2) is 6.38. The molecule has 2 fully saturated rings. The Hall–Kier alpha value is -1.38. The number of ether oxygens (including phenoxy) is 3. The van der Waals surface area contributed by atoms with E-state index in [-0.39, 0.29) is 31.5 Å². The van der Waals surface area contributed by atoms with E-state index in [9.17, 15) is 9.59 Å².